The van der Waals surface area contributed by atoms with Crippen molar-refractivity contribution in [2.45, 2.75) is 32.2 Å². The van der Waals surface area contributed by atoms with Crippen molar-refractivity contribution in [2.75, 3.05) is 14.2 Å². The SMILES string of the molecule is COc1ccc(C(=O)NC(C)CCCC(=O)O)c(OC)c1. The van der Waals surface area contributed by atoms with Crippen LogP contribution in [0.2, 0.25) is 0 Å². The largest absolute Gasteiger partial charge is 0.497 e. The summed E-state index contributed by atoms with van der Waals surface area (Å²) in [5, 5.41) is 11.4. The van der Waals surface area contributed by atoms with Gasteiger partial charge in [-0.15, -0.1) is 0 Å². The van der Waals surface area contributed by atoms with Crippen LogP contribution < -0.4 is 14.8 Å². The number of ether oxygens (including phenoxy) is 2. The number of carboxylic acids is 1. The second-order valence-electron chi connectivity index (χ2n) is 4.73. The minimum absolute atomic E-state index is 0.103. The second-order valence-corrected chi connectivity index (χ2v) is 4.73. The first-order valence-corrected chi connectivity index (χ1v) is 6.72. The molecule has 0 spiro atoms. The number of hydrogen-bond donors (Lipinski definition) is 2. The first-order chi connectivity index (χ1) is 9.97. The molecule has 21 heavy (non-hydrogen) atoms. The van der Waals surface area contributed by atoms with Crippen LogP contribution >= 0.6 is 0 Å². The van der Waals surface area contributed by atoms with Crippen LogP contribution in [0.5, 0.6) is 11.5 Å². The molecule has 0 saturated carbocycles. The van der Waals surface area contributed by atoms with E-state index in [-0.39, 0.29) is 18.4 Å². The number of hydrogen-bond acceptors (Lipinski definition) is 4. The van der Waals surface area contributed by atoms with Crippen molar-refractivity contribution in [1.29, 1.82) is 0 Å². The highest BCUT2D eigenvalue weighted by atomic mass is 16.5. The molecule has 0 aromatic heterocycles. The highest BCUT2D eigenvalue weighted by Gasteiger charge is 2.15. The monoisotopic (exact) mass is 295 g/mol. The van der Waals surface area contributed by atoms with Gasteiger partial charge in [0.25, 0.3) is 5.91 Å². The second kappa shape index (κ2) is 8.14. The maximum atomic E-state index is 12.2. The molecular weight excluding hydrogens is 274 g/mol. The molecule has 0 saturated heterocycles. The van der Waals surface area contributed by atoms with Crippen molar-refractivity contribution in [3.8, 4) is 11.5 Å². The number of carboxylic acid groups (broad SMARTS) is 1. The fourth-order valence-corrected chi connectivity index (χ4v) is 1.92. The Morgan fingerprint density at radius 3 is 2.57 bits per heavy atom. The lowest BCUT2D eigenvalue weighted by Crippen LogP contribution is -2.32. The van der Waals surface area contributed by atoms with Crippen molar-refractivity contribution in [2.24, 2.45) is 0 Å². The van der Waals surface area contributed by atoms with E-state index < -0.39 is 5.97 Å². The molecular formula is C15H21NO5. The van der Waals surface area contributed by atoms with Crippen LogP contribution in [-0.2, 0) is 4.79 Å². The molecule has 6 nitrogen and oxygen atoms in total. The van der Waals surface area contributed by atoms with Crippen LogP contribution in [-0.4, -0.2) is 37.2 Å². The molecule has 116 valence electrons. The van der Waals surface area contributed by atoms with Crippen LogP contribution in [0.3, 0.4) is 0 Å². The van der Waals surface area contributed by atoms with Gasteiger partial charge in [0.05, 0.1) is 19.8 Å². The minimum atomic E-state index is -0.828. The van der Waals surface area contributed by atoms with E-state index in [9.17, 15) is 9.59 Å². The lowest BCUT2D eigenvalue weighted by atomic mass is 10.1. The van der Waals surface area contributed by atoms with Crippen LogP contribution in [0, 0.1) is 0 Å². The number of carbonyl (C=O) groups is 2. The summed E-state index contributed by atoms with van der Waals surface area (Å²) in [5.41, 5.74) is 0.420. The first kappa shape index (κ1) is 16.8. The van der Waals surface area contributed by atoms with E-state index in [2.05, 4.69) is 5.32 Å². The van der Waals surface area contributed by atoms with Gasteiger partial charge in [0.1, 0.15) is 11.5 Å². The van der Waals surface area contributed by atoms with Gasteiger partial charge in [0.15, 0.2) is 0 Å². The molecule has 0 fully saturated rings. The van der Waals surface area contributed by atoms with Crippen LogP contribution in [0.4, 0.5) is 0 Å². The normalized spacial score (nSPS) is 11.6. The molecule has 0 aliphatic rings. The number of nitrogens with one attached hydrogen (secondary N) is 1. The number of rotatable bonds is 8. The molecule has 0 bridgehead atoms. The molecule has 0 radical (unpaired) electrons. The van der Waals surface area contributed by atoms with Gasteiger partial charge in [-0.25, -0.2) is 0 Å². The van der Waals surface area contributed by atoms with Gasteiger partial charge in [-0.2, -0.15) is 0 Å². The summed E-state index contributed by atoms with van der Waals surface area (Å²) >= 11 is 0. The summed E-state index contributed by atoms with van der Waals surface area (Å²) in [6, 6.07) is 4.86. The predicted octanol–water partition coefficient (Wildman–Crippen LogP) is 2.08. The fourth-order valence-electron chi connectivity index (χ4n) is 1.92. The minimum Gasteiger partial charge on any atom is -0.497 e. The number of benzene rings is 1. The topological polar surface area (TPSA) is 84.9 Å². The number of methoxy groups -OCH3 is 2. The smallest absolute Gasteiger partial charge is 0.303 e. The Labute approximate surface area is 124 Å². The Morgan fingerprint density at radius 1 is 1.29 bits per heavy atom. The average Bonchev–Trinajstić information content (AvgIpc) is 2.45. The zero-order chi connectivity index (χ0) is 15.8. The molecule has 6 heteroatoms. The van der Waals surface area contributed by atoms with Gasteiger partial charge in [0, 0.05) is 18.5 Å². The molecule has 1 atom stereocenters. The Balaban J connectivity index is 2.64. The highest BCUT2D eigenvalue weighted by molar-refractivity contribution is 5.97. The summed E-state index contributed by atoms with van der Waals surface area (Å²) < 4.78 is 10.3. The summed E-state index contributed by atoms with van der Waals surface area (Å²) in [6.45, 7) is 1.84. The van der Waals surface area contributed by atoms with Crippen LogP contribution in [0.1, 0.15) is 36.5 Å². The van der Waals surface area contributed by atoms with Crippen LogP contribution in [0.15, 0.2) is 18.2 Å². The van der Waals surface area contributed by atoms with Gasteiger partial charge in [-0.1, -0.05) is 0 Å². The van der Waals surface area contributed by atoms with E-state index in [0.717, 1.165) is 0 Å². The van der Waals surface area contributed by atoms with E-state index in [0.29, 0.717) is 29.9 Å². The molecule has 1 aromatic carbocycles. The van der Waals surface area contributed by atoms with Crippen molar-refractivity contribution in [3.63, 3.8) is 0 Å². The van der Waals surface area contributed by atoms with E-state index in [1.54, 1.807) is 25.3 Å². The lowest BCUT2D eigenvalue weighted by molar-refractivity contribution is -0.137. The van der Waals surface area contributed by atoms with Crippen LogP contribution in [0.25, 0.3) is 0 Å². The molecule has 0 aliphatic carbocycles. The zero-order valence-electron chi connectivity index (χ0n) is 12.5. The third-order valence-electron chi connectivity index (χ3n) is 3.06. The third-order valence-corrected chi connectivity index (χ3v) is 3.06. The van der Waals surface area contributed by atoms with Gasteiger partial charge in [-0.05, 0) is 31.9 Å². The molecule has 1 amide bonds. The molecule has 1 rings (SSSR count). The van der Waals surface area contributed by atoms with E-state index in [1.807, 2.05) is 6.92 Å². The molecule has 0 aliphatic heterocycles. The molecule has 0 heterocycles. The highest BCUT2D eigenvalue weighted by Crippen LogP contribution is 2.24. The Bertz CT molecular complexity index is 501. The number of carbonyl (C=O) groups excluding carboxylic acids is 1. The molecule has 1 unspecified atom stereocenters. The van der Waals surface area contributed by atoms with Gasteiger partial charge in [-0.3, -0.25) is 9.59 Å². The summed E-state index contributed by atoms with van der Waals surface area (Å²) in [5.74, 6) is -0.0369. The van der Waals surface area contributed by atoms with E-state index in [1.165, 1.54) is 7.11 Å². The van der Waals surface area contributed by atoms with Gasteiger partial charge < -0.3 is 19.9 Å². The summed E-state index contributed by atoms with van der Waals surface area (Å²) in [4.78, 5) is 22.6. The first-order valence-electron chi connectivity index (χ1n) is 6.72. The Kier molecular flexibility index (Phi) is 6.52. The Hall–Kier alpha value is -2.24. The quantitative estimate of drug-likeness (QED) is 0.767. The van der Waals surface area contributed by atoms with Crippen molar-refractivity contribution in [1.82, 2.24) is 5.32 Å². The Morgan fingerprint density at radius 2 is 2.00 bits per heavy atom. The standard InChI is InChI=1S/C15H21NO5/c1-10(5-4-6-14(17)18)16-15(19)12-8-7-11(20-2)9-13(12)21-3/h7-10H,4-6H2,1-3H3,(H,16,19)(H,17,18). The van der Waals surface area contributed by atoms with E-state index >= 15 is 0 Å². The maximum Gasteiger partial charge on any atom is 0.303 e. The zero-order valence-corrected chi connectivity index (χ0v) is 12.5. The summed E-state index contributed by atoms with van der Waals surface area (Å²) in [6.07, 6.45) is 1.24. The average molecular weight is 295 g/mol. The lowest BCUT2D eigenvalue weighted by Gasteiger charge is -2.15. The maximum absolute atomic E-state index is 12.2. The predicted molar refractivity (Wildman–Crippen MR) is 78.0 cm³/mol. The van der Waals surface area contributed by atoms with E-state index in [4.69, 9.17) is 14.6 Å². The number of aliphatic carboxylic acids is 1. The van der Waals surface area contributed by atoms with Crippen molar-refractivity contribution in [3.05, 3.63) is 23.8 Å². The van der Waals surface area contributed by atoms with Crippen molar-refractivity contribution < 1.29 is 24.2 Å². The third kappa shape index (κ3) is 5.33. The fraction of sp³-hybridized carbons (Fsp3) is 0.467. The number of amides is 1. The summed E-state index contributed by atoms with van der Waals surface area (Å²) in [7, 11) is 3.03. The van der Waals surface area contributed by atoms with Gasteiger partial charge >= 0.3 is 5.97 Å². The molecule has 2 N–H and O–H groups in total. The van der Waals surface area contributed by atoms with Gasteiger partial charge in [0.2, 0.25) is 0 Å². The molecule has 1 aromatic rings. The van der Waals surface area contributed by atoms with Crippen molar-refractivity contribution >= 4 is 11.9 Å².